The van der Waals surface area contributed by atoms with Crippen molar-refractivity contribution >= 4 is 17.7 Å². The number of methoxy groups -OCH3 is 3. The summed E-state index contributed by atoms with van der Waals surface area (Å²) in [5.74, 6) is -0.182. The van der Waals surface area contributed by atoms with Crippen molar-refractivity contribution in [2.75, 3.05) is 21.3 Å². The van der Waals surface area contributed by atoms with Gasteiger partial charge in [-0.2, -0.15) is 0 Å². The lowest BCUT2D eigenvalue weighted by Gasteiger charge is -2.20. The zero-order chi connectivity index (χ0) is 23.1. The smallest absolute Gasteiger partial charge is 0.306 e. The SMILES string of the molecule is COC(=O)CC(c1ccc(OC)cc1OC)c1oc(CSc2ccccc2)cc(=O)c1O. The van der Waals surface area contributed by atoms with E-state index in [4.69, 9.17) is 18.6 Å². The maximum absolute atomic E-state index is 12.5. The molecule has 3 rings (SSSR count). The van der Waals surface area contributed by atoms with Crippen LogP contribution in [0, 0.1) is 0 Å². The van der Waals surface area contributed by atoms with Gasteiger partial charge in [0.25, 0.3) is 0 Å². The molecule has 1 atom stereocenters. The fourth-order valence-electron chi connectivity index (χ4n) is 3.23. The van der Waals surface area contributed by atoms with Crippen LogP contribution in [0.25, 0.3) is 0 Å². The van der Waals surface area contributed by atoms with E-state index in [0.29, 0.717) is 28.6 Å². The van der Waals surface area contributed by atoms with Crippen LogP contribution in [0.5, 0.6) is 17.2 Å². The maximum atomic E-state index is 12.5. The van der Waals surface area contributed by atoms with E-state index in [0.717, 1.165) is 4.90 Å². The molecule has 8 heteroatoms. The Bertz CT molecular complexity index is 1120. The van der Waals surface area contributed by atoms with E-state index in [1.807, 2.05) is 30.3 Å². The number of benzene rings is 2. The summed E-state index contributed by atoms with van der Waals surface area (Å²) in [5, 5.41) is 10.6. The van der Waals surface area contributed by atoms with Crippen LogP contribution in [0.4, 0.5) is 0 Å². The van der Waals surface area contributed by atoms with Crippen LogP contribution in [0.1, 0.15) is 29.4 Å². The molecular formula is C24H24O7S. The number of carbonyl (C=O) groups excluding carboxylic acids is 1. The Morgan fingerprint density at radius 3 is 2.47 bits per heavy atom. The highest BCUT2D eigenvalue weighted by Crippen LogP contribution is 2.40. The third-order valence-electron chi connectivity index (χ3n) is 4.86. The summed E-state index contributed by atoms with van der Waals surface area (Å²) in [7, 11) is 4.28. The fourth-order valence-corrected chi connectivity index (χ4v) is 4.03. The summed E-state index contributed by atoms with van der Waals surface area (Å²) in [6.45, 7) is 0. The highest BCUT2D eigenvalue weighted by Gasteiger charge is 2.29. The minimum atomic E-state index is -0.808. The minimum Gasteiger partial charge on any atom is -0.502 e. The van der Waals surface area contributed by atoms with Crippen molar-refractivity contribution in [1.29, 1.82) is 0 Å². The van der Waals surface area contributed by atoms with Crippen molar-refractivity contribution in [2.45, 2.75) is 23.0 Å². The number of hydrogen-bond acceptors (Lipinski definition) is 8. The van der Waals surface area contributed by atoms with Gasteiger partial charge in [0.2, 0.25) is 11.2 Å². The van der Waals surface area contributed by atoms with Crippen molar-refractivity contribution in [3.8, 4) is 17.2 Å². The second-order valence-electron chi connectivity index (χ2n) is 6.83. The molecule has 0 aliphatic carbocycles. The van der Waals surface area contributed by atoms with E-state index in [2.05, 4.69) is 0 Å². The quantitative estimate of drug-likeness (QED) is 0.375. The molecule has 3 aromatic rings. The molecular weight excluding hydrogens is 432 g/mol. The van der Waals surface area contributed by atoms with Crippen LogP contribution < -0.4 is 14.9 Å². The van der Waals surface area contributed by atoms with E-state index < -0.39 is 23.1 Å². The summed E-state index contributed by atoms with van der Waals surface area (Å²) in [5.41, 5.74) is -0.0396. The highest BCUT2D eigenvalue weighted by atomic mass is 32.2. The lowest BCUT2D eigenvalue weighted by molar-refractivity contribution is -0.140. The fraction of sp³-hybridized carbons (Fsp3) is 0.250. The van der Waals surface area contributed by atoms with Crippen molar-refractivity contribution < 1.29 is 28.5 Å². The van der Waals surface area contributed by atoms with Crippen LogP contribution in [-0.2, 0) is 15.3 Å². The summed E-state index contributed by atoms with van der Waals surface area (Å²) in [6.07, 6.45) is -0.162. The zero-order valence-corrected chi connectivity index (χ0v) is 18.8. The number of carbonyl (C=O) groups is 1. The van der Waals surface area contributed by atoms with E-state index in [1.54, 1.807) is 18.2 Å². The lowest BCUT2D eigenvalue weighted by atomic mass is 9.91. The summed E-state index contributed by atoms with van der Waals surface area (Å²) >= 11 is 1.49. The molecule has 1 aromatic heterocycles. The van der Waals surface area contributed by atoms with Gasteiger partial charge >= 0.3 is 5.97 Å². The Morgan fingerprint density at radius 2 is 1.81 bits per heavy atom. The molecule has 2 aromatic carbocycles. The van der Waals surface area contributed by atoms with Crippen LogP contribution >= 0.6 is 11.8 Å². The topological polar surface area (TPSA) is 95.2 Å². The van der Waals surface area contributed by atoms with E-state index in [1.165, 1.54) is 39.2 Å². The molecule has 168 valence electrons. The van der Waals surface area contributed by atoms with Gasteiger partial charge in [0, 0.05) is 22.6 Å². The first-order chi connectivity index (χ1) is 15.5. The third kappa shape index (κ3) is 5.45. The first-order valence-electron chi connectivity index (χ1n) is 9.79. The molecule has 7 nitrogen and oxygen atoms in total. The minimum absolute atomic E-state index is 0.0185. The van der Waals surface area contributed by atoms with Crippen LogP contribution in [0.15, 0.2) is 68.7 Å². The van der Waals surface area contributed by atoms with Crippen molar-refractivity contribution in [2.24, 2.45) is 0 Å². The Kier molecular flexibility index (Phi) is 7.83. The standard InChI is InChI=1S/C24H24O7S/c1-28-15-9-10-18(21(12-15)29-2)19(13-22(26)30-3)24-23(27)20(25)11-16(31-24)14-32-17-7-5-4-6-8-17/h4-12,19,27H,13-14H2,1-3H3. The number of rotatable bonds is 9. The largest absolute Gasteiger partial charge is 0.502 e. The van der Waals surface area contributed by atoms with E-state index >= 15 is 0 Å². The van der Waals surface area contributed by atoms with Gasteiger partial charge in [-0.25, -0.2) is 0 Å². The number of aromatic hydroxyl groups is 1. The normalized spacial score (nSPS) is 11.6. The molecule has 0 saturated heterocycles. The molecule has 0 saturated carbocycles. The number of thioether (sulfide) groups is 1. The predicted octanol–water partition coefficient (Wildman–Crippen LogP) is 4.35. The molecule has 0 spiro atoms. The summed E-state index contributed by atoms with van der Waals surface area (Å²) in [6, 6.07) is 16.0. The molecule has 32 heavy (non-hydrogen) atoms. The lowest BCUT2D eigenvalue weighted by Crippen LogP contribution is -2.14. The molecule has 1 heterocycles. The van der Waals surface area contributed by atoms with Crippen LogP contribution in [-0.4, -0.2) is 32.4 Å². The van der Waals surface area contributed by atoms with Crippen molar-refractivity contribution in [3.63, 3.8) is 0 Å². The van der Waals surface area contributed by atoms with Gasteiger partial charge in [0.05, 0.1) is 39.4 Å². The number of ether oxygens (including phenoxy) is 3. The molecule has 0 fully saturated rings. The second kappa shape index (κ2) is 10.8. The van der Waals surface area contributed by atoms with Gasteiger partial charge in [-0.15, -0.1) is 11.8 Å². The van der Waals surface area contributed by atoms with Crippen molar-refractivity contribution in [1.82, 2.24) is 0 Å². The molecule has 0 radical (unpaired) electrons. The highest BCUT2D eigenvalue weighted by molar-refractivity contribution is 7.98. The van der Waals surface area contributed by atoms with Gasteiger partial charge in [-0.1, -0.05) is 24.3 Å². The number of hydrogen-bond donors (Lipinski definition) is 1. The van der Waals surface area contributed by atoms with Gasteiger partial charge in [-0.05, 0) is 18.2 Å². The zero-order valence-electron chi connectivity index (χ0n) is 18.0. The van der Waals surface area contributed by atoms with Gasteiger partial charge in [0.15, 0.2) is 5.76 Å². The Hall–Kier alpha value is -3.39. The molecule has 0 bridgehead atoms. The Labute approximate surface area is 189 Å². The maximum Gasteiger partial charge on any atom is 0.306 e. The molecule has 1 N–H and O–H groups in total. The summed E-state index contributed by atoms with van der Waals surface area (Å²) < 4.78 is 21.5. The number of esters is 1. The Morgan fingerprint density at radius 1 is 1.06 bits per heavy atom. The molecule has 0 aliphatic rings. The summed E-state index contributed by atoms with van der Waals surface area (Å²) in [4.78, 5) is 25.7. The van der Waals surface area contributed by atoms with Crippen molar-refractivity contribution in [3.05, 3.63) is 81.9 Å². The monoisotopic (exact) mass is 456 g/mol. The van der Waals surface area contributed by atoms with E-state index in [-0.39, 0.29) is 12.2 Å². The first kappa shape index (κ1) is 23.3. The van der Waals surface area contributed by atoms with Crippen LogP contribution in [0.2, 0.25) is 0 Å². The predicted molar refractivity (Wildman–Crippen MR) is 121 cm³/mol. The third-order valence-corrected chi connectivity index (χ3v) is 5.89. The Balaban J connectivity index is 2.05. The molecule has 0 amide bonds. The van der Waals surface area contributed by atoms with Gasteiger partial charge in [-0.3, -0.25) is 9.59 Å². The average Bonchev–Trinajstić information content (AvgIpc) is 2.83. The van der Waals surface area contributed by atoms with Gasteiger partial charge in [0.1, 0.15) is 17.3 Å². The molecule has 0 aliphatic heterocycles. The average molecular weight is 457 g/mol. The van der Waals surface area contributed by atoms with Crippen LogP contribution in [0.3, 0.4) is 0 Å². The molecule has 1 unspecified atom stereocenters. The van der Waals surface area contributed by atoms with Gasteiger partial charge < -0.3 is 23.7 Å². The first-order valence-corrected chi connectivity index (χ1v) is 10.8. The second-order valence-corrected chi connectivity index (χ2v) is 7.88. The van der Waals surface area contributed by atoms with E-state index in [9.17, 15) is 14.7 Å².